The number of nitrogens with one attached hydrogen (secondary N) is 1. The molecule has 0 aliphatic rings. The Labute approximate surface area is 98.2 Å². The van der Waals surface area contributed by atoms with Gasteiger partial charge in [-0.3, -0.25) is 4.79 Å². The first kappa shape index (κ1) is 15.1. The highest BCUT2D eigenvalue weighted by molar-refractivity contribution is 5.75. The molecular formula is C12H24N2O2. The fourth-order valence-corrected chi connectivity index (χ4v) is 1.03. The lowest BCUT2D eigenvalue weighted by Crippen LogP contribution is -2.35. The van der Waals surface area contributed by atoms with Crippen LogP contribution in [0.5, 0.6) is 0 Å². The second kappa shape index (κ2) is 7.41. The van der Waals surface area contributed by atoms with Crippen LogP contribution in [0.3, 0.4) is 0 Å². The zero-order valence-corrected chi connectivity index (χ0v) is 10.6. The van der Waals surface area contributed by atoms with E-state index < -0.39 is 0 Å². The normalized spacial score (nSPS) is 11.2. The SMILES string of the molecule is C=C(C)COCCNC(=O)CCC(C)(C)N. The molecular weight excluding hydrogens is 204 g/mol. The molecule has 0 aromatic rings. The summed E-state index contributed by atoms with van der Waals surface area (Å²) in [4.78, 5) is 11.3. The summed E-state index contributed by atoms with van der Waals surface area (Å²) in [6.07, 6.45) is 1.15. The van der Waals surface area contributed by atoms with Crippen LogP contribution in [0.1, 0.15) is 33.6 Å². The number of nitrogens with two attached hydrogens (primary N) is 1. The molecule has 4 heteroatoms. The minimum atomic E-state index is -0.284. The van der Waals surface area contributed by atoms with Gasteiger partial charge in [0.1, 0.15) is 0 Å². The summed E-state index contributed by atoms with van der Waals surface area (Å²) in [7, 11) is 0. The van der Waals surface area contributed by atoms with Gasteiger partial charge in [-0.25, -0.2) is 0 Å². The van der Waals surface area contributed by atoms with Gasteiger partial charge in [-0.05, 0) is 27.2 Å². The quantitative estimate of drug-likeness (QED) is 0.485. The smallest absolute Gasteiger partial charge is 0.220 e. The lowest BCUT2D eigenvalue weighted by Gasteiger charge is -2.17. The van der Waals surface area contributed by atoms with Crippen molar-refractivity contribution in [1.82, 2.24) is 5.32 Å². The highest BCUT2D eigenvalue weighted by Gasteiger charge is 2.12. The summed E-state index contributed by atoms with van der Waals surface area (Å²) in [6.45, 7) is 11.1. The number of hydrogen-bond acceptors (Lipinski definition) is 3. The number of amides is 1. The van der Waals surface area contributed by atoms with Crippen molar-refractivity contribution in [3.63, 3.8) is 0 Å². The van der Waals surface area contributed by atoms with E-state index in [1.165, 1.54) is 0 Å². The average Bonchev–Trinajstić information content (AvgIpc) is 2.12. The zero-order chi connectivity index (χ0) is 12.6. The van der Waals surface area contributed by atoms with E-state index in [1.807, 2.05) is 20.8 Å². The van der Waals surface area contributed by atoms with Crippen LogP contribution < -0.4 is 11.1 Å². The van der Waals surface area contributed by atoms with Crippen LogP contribution in [-0.2, 0) is 9.53 Å². The van der Waals surface area contributed by atoms with E-state index in [0.29, 0.717) is 32.6 Å². The second-order valence-electron chi connectivity index (χ2n) is 4.85. The first-order valence-electron chi connectivity index (χ1n) is 5.59. The molecule has 0 saturated carbocycles. The Morgan fingerprint density at radius 1 is 1.50 bits per heavy atom. The Morgan fingerprint density at radius 2 is 2.12 bits per heavy atom. The maximum Gasteiger partial charge on any atom is 0.220 e. The molecule has 0 aromatic heterocycles. The number of carbonyl (C=O) groups excluding carboxylic acids is 1. The summed E-state index contributed by atoms with van der Waals surface area (Å²) in [5.41, 5.74) is 6.48. The molecule has 0 aromatic carbocycles. The summed E-state index contributed by atoms with van der Waals surface area (Å²) in [5, 5.41) is 2.78. The van der Waals surface area contributed by atoms with Crippen LogP contribution >= 0.6 is 0 Å². The van der Waals surface area contributed by atoms with Gasteiger partial charge in [0.05, 0.1) is 13.2 Å². The highest BCUT2D eigenvalue weighted by Crippen LogP contribution is 2.06. The average molecular weight is 228 g/mol. The Bertz CT molecular complexity index is 232. The van der Waals surface area contributed by atoms with E-state index in [-0.39, 0.29) is 11.4 Å². The Morgan fingerprint density at radius 3 is 2.62 bits per heavy atom. The predicted molar refractivity (Wildman–Crippen MR) is 66.1 cm³/mol. The van der Waals surface area contributed by atoms with Crippen molar-refractivity contribution in [2.24, 2.45) is 5.73 Å². The van der Waals surface area contributed by atoms with Gasteiger partial charge in [-0.2, -0.15) is 0 Å². The third-order valence-electron chi connectivity index (χ3n) is 1.91. The van der Waals surface area contributed by atoms with Crippen LogP contribution in [0.4, 0.5) is 0 Å². The molecule has 0 atom stereocenters. The fourth-order valence-electron chi connectivity index (χ4n) is 1.03. The van der Waals surface area contributed by atoms with Gasteiger partial charge in [-0.15, -0.1) is 0 Å². The molecule has 16 heavy (non-hydrogen) atoms. The lowest BCUT2D eigenvalue weighted by atomic mass is 10.00. The minimum Gasteiger partial charge on any atom is -0.375 e. The molecule has 0 fully saturated rings. The van der Waals surface area contributed by atoms with Crippen molar-refractivity contribution >= 4 is 5.91 Å². The number of hydrogen-bond donors (Lipinski definition) is 2. The van der Waals surface area contributed by atoms with Gasteiger partial charge < -0.3 is 15.8 Å². The predicted octanol–water partition coefficient (Wildman–Crippen LogP) is 1.21. The van der Waals surface area contributed by atoms with Crippen molar-refractivity contribution < 1.29 is 9.53 Å². The van der Waals surface area contributed by atoms with Crippen LogP contribution in [0.25, 0.3) is 0 Å². The van der Waals surface area contributed by atoms with Gasteiger partial charge in [0.15, 0.2) is 0 Å². The van der Waals surface area contributed by atoms with Crippen molar-refractivity contribution in [2.45, 2.75) is 39.2 Å². The summed E-state index contributed by atoms with van der Waals surface area (Å²) in [6, 6.07) is 0. The Kier molecular flexibility index (Phi) is 7.01. The molecule has 0 spiro atoms. The zero-order valence-electron chi connectivity index (χ0n) is 10.6. The molecule has 0 rings (SSSR count). The van der Waals surface area contributed by atoms with E-state index in [9.17, 15) is 4.79 Å². The molecule has 0 unspecified atom stereocenters. The third kappa shape index (κ3) is 11.2. The standard InChI is InChI=1S/C12H24N2O2/c1-10(2)9-16-8-7-14-11(15)5-6-12(3,4)13/h1,5-9,13H2,2-4H3,(H,14,15). The summed E-state index contributed by atoms with van der Waals surface area (Å²) < 4.78 is 5.25. The van der Waals surface area contributed by atoms with Crippen molar-refractivity contribution in [2.75, 3.05) is 19.8 Å². The molecule has 0 aliphatic carbocycles. The maximum absolute atomic E-state index is 11.3. The minimum absolute atomic E-state index is 0.0254. The van der Waals surface area contributed by atoms with E-state index >= 15 is 0 Å². The Hall–Kier alpha value is -0.870. The topological polar surface area (TPSA) is 64.3 Å². The van der Waals surface area contributed by atoms with Crippen LogP contribution in [-0.4, -0.2) is 31.2 Å². The largest absolute Gasteiger partial charge is 0.375 e. The first-order chi connectivity index (χ1) is 7.31. The number of carbonyl (C=O) groups is 1. The maximum atomic E-state index is 11.3. The summed E-state index contributed by atoms with van der Waals surface area (Å²) in [5.74, 6) is 0.0254. The lowest BCUT2D eigenvalue weighted by molar-refractivity contribution is -0.121. The van der Waals surface area contributed by atoms with Gasteiger partial charge in [0.25, 0.3) is 0 Å². The number of rotatable bonds is 8. The molecule has 0 aliphatic heterocycles. The van der Waals surface area contributed by atoms with Crippen LogP contribution in [0, 0.1) is 0 Å². The van der Waals surface area contributed by atoms with Crippen molar-refractivity contribution in [3.8, 4) is 0 Å². The molecule has 0 bridgehead atoms. The first-order valence-corrected chi connectivity index (χ1v) is 5.59. The van der Waals surface area contributed by atoms with Crippen LogP contribution in [0.2, 0.25) is 0 Å². The molecule has 0 saturated heterocycles. The molecule has 94 valence electrons. The van der Waals surface area contributed by atoms with Gasteiger partial charge in [-0.1, -0.05) is 12.2 Å². The Balaban J connectivity index is 3.41. The van der Waals surface area contributed by atoms with E-state index in [2.05, 4.69) is 11.9 Å². The fraction of sp³-hybridized carbons (Fsp3) is 0.750. The van der Waals surface area contributed by atoms with Gasteiger partial charge >= 0.3 is 0 Å². The molecule has 1 amide bonds. The monoisotopic (exact) mass is 228 g/mol. The highest BCUT2D eigenvalue weighted by atomic mass is 16.5. The molecule has 3 N–H and O–H groups in total. The number of ether oxygens (including phenoxy) is 1. The van der Waals surface area contributed by atoms with Crippen molar-refractivity contribution in [3.05, 3.63) is 12.2 Å². The second-order valence-corrected chi connectivity index (χ2v) is 4.85. The van der Waals surface area contributed by atoms with Crippen molar-refractivity contribution in [1.29, 1.82) is 0 Å². The molecule has 4 nitrogen and oxygen atoms in total. The molecule has 0 heterocycles. The van der Waals surface area contributed by atoms with Gasteiger partial charge in [0.2, 0.25) is 5.91 Å². The van der Waals surface area contributed by atoms with E-state index in [4.69, 9.17) is 10.5 Å². The van der Waals surface area contributed by atoms with Gasteiger partial charge in [0, 0.05) is 18.5 Å². The molecule has 0 radical (unpaired) electrons. The van der Waals surface area contributed by atoms with E-state index in [0.717, 1.165) is 5.57 Å². The summed E-state index contributed by atoms with van der Waals surface area (Å²) >= 11 is 0. The van der Waals surface area contributed by atoms with E-state index in [1.54, 1.807) is 0 Å². The third-order valence-corrected chi connectivity index (χ3v) is 1.91. The van der Waals surface area contributed by atoms with Crippen LogP contribution in [0.15, 0.2) is 12.2 Å².